The maximum atomic E-state index is 14.2. The Morgan fingerprint density at radius 2 is 1.96 bits per heavy atom. The number of aryl methyl sites for hydroxylation is 1. The van der Waals surface area contributed by atoms with Gasteiger partial charge in [-0.05, 0) is 12.5 Å². The minimum Gasteiger partial charge on any atom is -0.618 e. The molecule has 0 unspecified atom stereocenters. The van der Waals surface area contributed by atoms with Crippen molar-refractivity contribution in [3.63, 3.8) is 0 Å². The molecule has 3 aromatic rings. The summed E-state index contributed by atoms with van der Waals surface area (Å²) in [4.78, 5) is 4.42. The molecule has 1 atom stereocenters. The monoisotopic (exact) mass is 334 g/mol. The molecule has 2 N–H and O–H groups in total. The van der Waals surface area contributed by atoms with Crippen molar-refractivity contribution in [2.45, 2.75) is 25.4 Å². The van der Waals surface area contributed by atoms with Gasteiger partial charge in [-0.3, -0.25) is 0 Å². The Balaban J connectivity index is 2.02. The zero-order valence-electron chi connectivity index (χ0n) is 12.5. The van der Waals surface area contributed by atoms with E-state index in [4.69, 9.17) is 5.73 Å². The molecule has 0 bridgehead atoms. The lowest BCUT2D eigenvalue weighted by molar-refractivity contribution is -0.592. The average Bonchev–Trinajstić information content (AvgIpc) is 2.89. The number of hydrogen-bond donors (Lipinski definition) is 1. The van der Waals surface area contributed by atoms with Gasteiger partial charge in [-0.25, -0.2) is 18.2 Å². The van der Waals surface area contributed by atoms with Crippen molar-refractivity contribution in [1.29, 1.82) is 0 Å². The number of hydrogen-bond acceptors (Lipinski definition) is 3. The molecule has 1 aliphatic heterocycles. The molecule has 0 spiro atoms. The van der Waals surface area contributed by atoms with Crippen molar-refractivity contribution >= 4 is 11.0 Å². The number of halogens is 3. The molecule has 8 heteroatoms. The number of rotatable bonds is 1. The Morgan fingerprint density at radius 3 is 2.75 bits per heavy atom. The summed E-state index contributed by atoms with van der Waals surface area (Å²) in [7, 11) is 0. The quantitative estimate of drug-likeness (QED) is 0.420. The minimum absolute atomic E-state index is 0.0297. The third-order valence-corrected chi connectivity index (χ3v) is 4.32. The molecule has 3 heterocycles. The van der Waals surface area contributed by atoms with Gasteiger partial charge in [-0.1, -0.05) is 0 Å². The largest absolute Gasteiger partial charge is 0.618 e. The minimum atomic E-state index is -1.31. The van der Waals surface area contributed by atoms with Crippen molar-refractivity contribution in [3.05, 3.63) is 52.9 Å². The van der Waals surface area contributed by atoms with E-state index in [1.165, 1.54) is 6.20 Å². The molecule has 0 fully saturated rings. The van der Waals surface area contributed by atoms with Gasteiger partial charge in [0.05, 0.1) is 11.1 Å². The van der Waals surface area contributed by atoms with E-state index in [1.807, 2.05) is 4.57 Å². The second-order valence-electron chi connectivity index (χ2n) is 5.91. The van der Waals surface area contributed by atoms with Gasteiger partial charge in [0.1, 0.15) is 11.6 Å². The number of aromatic nitrogens is 3. The topological polar surface area (TPSA) is 70.8 Å². The predicted molar refractivity (Wildman–Crippen MR) is 80.3 cm³/mol. The molecule has 1 aromatic carbocycles. The van der Waals surface area contributed by atoms with Crippen molar-refractivity contribution < 1.29 is 17.9 Å². The highest BCUT2D eigenvalue weighted by molar-refractivity contribution is 5.88. The molecule has 2 aromatic heterocycles. The standard InChI is InChI=1S/C16H13F3N4O/c17-10-6-12(19)11(18)5-9(10)16-15-13(3-4-23(16)24)22-7-8(20)1-2-14(22)21-15/h3-6,8H,1-2,7,20H2/t8-/m1/s1. The third kappa shape index (κ3) is 2.14. The van der Waals surface area contributed by atoms with Gasteiger partial charge in [-0.2, -0.15) is 4.73 Å². The van der Waals surface area contributed by atoms with Gasteiger partial charge in [0.25, 0.3) is 5.69 Å². The first kappa shape index (κ1) is 14.9. The van der Waals surface area contributed by atoms with Crippen molar-refractivity contribution in [2.24, 2.45) is 5.73 Å². The second kappa shape index (κ2) is 5.20. The normalized spacial score (nSPS) is 17.2. The molecule has 24 heavy (non-hydrogen) atoms. The van der Waals surface area contributed by atoms with Crippen LogP contribution in [0.15, 0.2) is 24.4 Å². The Bertz CT molecular complexity index is 970. The highest BCUT2D eigenvalue weighted by Gasteiger charge is 2.27. The second-order valence-corrected chi connectivity index (χ2v) is 5.91. The Morgan fingerprint density at radius 1 is 1.21 bits per heavy atom. The van der Waals surface area contributed by atoms with Crippen LogP contribution in [-0.2, 0) is 13.0 Å². The SMILES string of the molecule is N[C@@H]1CCc2nc3c(-c4cc(F)c(F)cc4F)[n+]([O-])ccc3n2C1. The number of nitrogens with two attached hydrogens (primary N) is 1. The summed E-state index contributed by atoms with van der Waals surface area (Å²) in [5.41, 5.74) is 6.38. The maximum absolute atomic E-state index is 14.2. The molecule has 5 nitrogen and oxygen atoms in total. The van der Waals surface area contributed by atoms with Gasteiger partial charge in [0.15, 0.2) is 23.3 Å². The molecular weight excluding hydrogens is 321 g/mol. The zero-order chi connectivity index (χ0) is 17.0. The first-order chi connectivity index (χ1) is 11.5. The van der Waals surface area contributed by atoms with Crippen LogP contribution in [0.2, 0.25) is 0 Å². The first-order valence-corrected chi connectivity index (χ1v) is 7.47. The number of benzene rings is 1. The summed E-state index contributed by atoms with van der Waals surface area (Å²) in [5, 5.41) is 12.2. The van der Waals surface area contributed by atoms with Crippen LogP contribution in [0.5, 0.6) is 0 Å². The number of fused-ring (bicyclic) bond motifs is 3. The zero-order valence-corrected chi connectivity index (χ0v) is 12.5. The van der Waals surface area contributed by atoms with E-state index in [2.05, 4.69) is 4.98 Å². The van der Waals surface area contributed by atoms with Crippen LogP contribution in [0.4, 0.5) is 13.2 Å². The summed E-state index contributed by atoms with van der Waals surface area (Å²) >= 11 is 0. The molecule has 0 aliphatic carbocycles. The molecule has 0 saturated carbocycles. The average molecular weight is 334 g/mol. The smallest absolute Gasteiger partial charge is 0.254 e. The van der Waals surface area contributed by atoms with Gasteiger partial charge < -0.3 is 15.5 Å². The van der Waals surface area contributed by atoms with E-state index >= 15 is 0 Å². The summed E-state index contributed by atoms with van der Waals surface area (Å²) in [5.74, 6) is -2.82. The number of nitrogens with zero attached hydrogens (tertiary/aromatic N) is 3. The molecule has 0 saturated heterocycles. The van der Waals surface area contributed by atoms with E-state index in [1.54, 1.807) is 6.07 Å². The van der Waals surface area contributed by atoms with Crippen LogP contribution in [-0.4, -0.2) is 15.6 Å². The molecule has 1 aliphatic rings. The van der Waals surface area contributed by atoms with E-state index < -0.39 is 17.5 Å². The lowest BCUT2D eigenvalue weighted by atomic mass is 10.1. The van der Waals surface area contributed by atoms with Crippen molar-refractivity contribution in [1.82, 2.24) is 9.55 Å². The highest BCUT2D eigenvalue weighted by Crippen LogP contribution is 2.30. The summed E-state index contributed by atoms with van der Waals surface area (Å²) in [6.07, 6.45) is 2.59. The lowest BCUT2D eigenvalue weighted by Crippen LogP contribution is -2.32. The lowest BCUT2D eigenvalue weighted by Gasteiger charge is -2.20. The summed E-state index contributed by atoms with van der Waals surface area (Å²) < 4.78 is 43.2. The van der Waals surface area contributed by atoms with E-state index in [0.29, 0.717) is 35.3 Å². The van der Waals surface area contributed by atoms with Crippen LogP contribution < -0.4 is 10.5 Å². The van der Waals surface area contributed by atoms with Gasteiger partial charge >= 0.3 is 0 Å². The first-order valence-electron chi connectivity index (χ1n) is 7.47. The van der Waals surface area contributed by atoms with Crippen LogP contribution in [0.25, 0.3) is 22.3 Å². The summed E-state index contributed by atoms with van der Waals surface area (Å²) in [6.45, 7) is 0.536. The molecule has 0 amide bonds. The van der Waals surface area contributed by atoms with E-state index in [-0.39, 0.29) is 22.8 Å². The van der Waals surface area contributed by atoms with E-state index in [0.717, 1.165) is 12.2 Å². The highest BCUT2D eigenvalue weighted by atomic mass is 19.2. The third-order valence-electron chi connectivity index (χ3n) is 4.32. The number of imidazole rings is 1. The fourth-order valence-electron chi connectivity index (χ4n) is 3.16. The van der Waals surface area contributed by atoms with Crippen molar-refractivity contribution in [3.8, 4) is 11.3 Å². The van der Waals surface area contributed by atoms with Crippen LogP contribution in [0.3, 0.4) is 0 Å². The van der Waals surface area contributed by atoms with Crippen LogP contribution in [0, 0.1) is 22.7 Å². The van der Waals surface area contributed by atoms with Gasteiger partial charge in [-0.15, -0.1) is 0 Å². The van der Waals surface area contributed by atoms with Gasteiger partial charge in [0, 0.05) is 31.1 Å². The fraction of sp³-hybridized carbons (Fsp3) is 0.250. The Hall–Kier alpha value is -2.61. The van der Waals surface area contributed by atoms with Crippen LogP contribution >= 0.6 is 0 Å². The Labute approximate surface area is 134 Å². The number of pyridine rings is 1. The summed E-state index contributed by atoms with van der Waals surface area (Å²) in [6, 6.07) is 2.64. The maximum Gasteiger partial charge on any atom is 0.254 e. The van der Waals surface area contributed by atoms with E-state index in [9.17, 15) is 18.4 Å². The van der Waals surface area contributed by atoms with Crippen molar-refractivity contribution in [2.75, 3.05) is 0 Å². The Kier molecular flexibility index (Phi) is 3.24. The van der Waals surface area contributed by atoms with Gasteiger partial charge in [0.2, 0.25) is 0 Å². The van der Waals surface area contributed by atoms with Crippen LogP contribution in [0.1, 0.15) is 12.2 Å². The fourth-order valence-corrected chi connectivity index (χ4v) is 3.16. The molecule has 124 valence electrons. The molecule has 4 rings (SSSR count). The predicted octanol–water partition coefficient (Wildman–Crippen LogP) is 2.03. The molecular formula is C16H13F3N4O. The molecule has 0 radical (unpaired) electrons.